The van der Waals surface area contributed by atoms with Crippen molar-refractivity contribution < 1.29 is 9.53 Å². The average Bonchev–Trinajstić information content (AvgIpc) is 3.13. The predicted molar refractivity (Wildman–Crippen MR) is 127 cm³/mol. The maximum absolute atomic E-state index is 12.4. The van der Waals surface area contributed by atoms with Gasteiger partial charge in [0.05, 0.1) is 24.2 Å². The van der Waals surface area contributed by atoms with Crippen molar-refractivity contribution >= 4 is 28.0 Å². The Morgan fingerprint density at radius 3 is 2.61 bits per heavy atom. The molecule has 4 rings (SSSR count). The summed E-state index contributed by atoms with van der Waals surface area (Å²) in [5.41, 5.74) is 3.39. The minimum absolute atomic E-state index is 0.0389. The van der Waals surface area contributed by atoms with Crippen LogP contribution in [-0.2, 0) is 24.1 Å². The van der Waals surface area contributed by atoms with Gasteiger partial charge < -0.3 is 10.1 Å². The second-order valence-corrected chi connectivity index (χ2v) is 8.72. The van der Waals surface area contributed by atoms with Crippen LogP contribution in [0.5, 0.6) is 5.75 Å². The lowest BCUT2D eigenvalue weighted by atomic mass is 10.0. The van der Waals surface area contributed by atoms with Gasteiger partial charge in [-0.1, -0.05) is 54.6 Å². The highest BCUT2D eigenvalue weighted by Crippen LogP contribution is 2.25. The number of aromatic nitrogens is 1. The van der Waals surface area contributed by atoms with E-state index in [1.165, 1.54) is 21.9 Å². The van der Waals surface area contributed by atoms with Gasteiger partial charge in [-0.3, -0.25) is 4.79 Å². The van der Waals surface area contributed by atoms with Gasteiger partial charge >= 0.3 is 0 Å². The third-order valence-electron chi connectivity index (χ3n) is 5.37. The number of benzene rings is 3. The second kappa shape index (κ2) is 9.75. The van der Waals surface area contributed by atoms with Crippen molar-refractivity contribution in [1.29, 1.82) is 0 Å². The van der Waals surface area contributed by atoms with Crippen LogP contribution >= 0.6 is 11.3 Å². The van der Waals surface area contributed by atoms with E-state index < -0.39 is 0 Å². The molecule has 3 aromatic carbocycles. The van der Waals surface area contributed by atoms with Crippen molar-refractivity contribution in [3.8, 4) is 5.75 Å². The summed E-state index contributed by atoms with van der Waals surface area (Å²) < 4.78 is 5.18. The van der Waals surface area contributed by atoms with Crippen LogP contribution in [0.25, 0.3) is 10.8 Å². The van der Waals surface area contributed by atoms with Crippen molar-refractivity contribution in [3.63, 3.8) is 0 Å². The quantitative estimate of drug-likeness (QED) is 0.423. The molecule has 0 bridgehead atoms. The number of nitrogens with one attached hydrogen (secondary N) is 1. The van der Waals surface area contributed by atoms with E-state index in [0.717, 1.165) is 34.2 Å². The fraction of sp³-hybridized carbons (Fsp3) is 0.231. The number of aryl methyl sites for hydroxylation is 1. The number of methoxy groups -OCH3 is 1. The minimum Gasteiger partial charge on any atom is -0.497 e. The van der Waals surface area contributed by atoms with Gasteiger partial charge in [-0.2, -0.15) is 0 Å². The molecule has 0 fully saturated rings. The Morgan fingerprint density at radius 1 is 1.03 bits per heavy atom. The van der Waals surface area contributed by atoms with E-state index >= 15 is 0 Å². The van der Waals surface area contributed by atoms with Gasteiger partial charge in [-0.15, -0.1) is 11.3 Å². The van der Waals surface area contributed by atoms with Gasteiger partial charge in [0.1, 0.15) is 5.75 Å². The molecule has 0 aliphatic rings. The van der Waals surface area contributed by atoms with Gasteiger partial charge in [0.25, 0.3) is 0 Å². The van der Waals surface area contributed by atoms with Crippen LogP contribution in [0.4, 0.5) is 0 Å². The molecule has 0 unspecified atom stereocenters. The number of thiazole rings is 1. The first-order chi connectivity index (χ1) is 15.1. The number of hydrogen-bond acceptors (Lipinski definition) is 4. The number of ether oxygens (including phenoxy) is 1. The molecule has 1 aromatic heterocycles. The molecule has 0 aliphatic heterocycles. The van der Waals surface area contributed by atoms with Crippen LogP contribution in [0.15, 0.2) is 66.7 Å². The van der Waals surface area contributed by atoms with Crippen molar-refractivity contribution in [3.05, 3.63) is 93.4 Å². The summed E-state index contributed by atoms with van der Waals surface area (Å²) in [4.78, 5) is 18.2. The minimum atomic E-state index is 0.0389. The molecular weight excluding hydrogens is 404 g/mol. The summed E-state index contributed by atoms with van der Waals surface area (Å²) in [7, 11) is 1.66. The first-order valence-electron chi connectivity index (χ1n) is 10.4. The van der Waals surface area contributed by atoms with Crippen molar-refractivity contribution in [2.45, 2.75) is 26.2 Å². The molecular formula is C26H26N2O2S. The Kier molecular flexibility index (Phi) is 6.63. The van der Waals surface area contributed by atoms with Gasteiger partial charge in [-0.05, 0) is 47.4 Å². The average molecular weight is 431 g/mol. The lowest BCUT2D eigenvalue weighted by Gasteiger charge is -2.06. The topological polar surface area (TPSA) is 51.2 Å². The maximum Gasteiger partial charge on any atom is 0.225 e. The molecule has 1 amide bonds. The standard InChI is InChI=1S/C26H26N2O2S/c1-18-24(17-25(29)27-15-14-19-10-12-22(30-2)13-11-19)31-26(28-18)16-21-8-5-7-20-6-3-4-9-23(20)21/h3-13H,14-17H2,1-2H3,(H,27,29). The summed E-state index contributed by atoms with van der Waals surface area (Å²) in [5, 5.41) is 6.58. The van der Waals surface area contributed by atoms with E-state index in [2.05, 4.69) is 47.8 Å². The Bertz CT molecular complexity index is 1180. The number of nitrogens with zero attached hydrogens (tertiary/aromatic N) is 1. The summed E-state index contributed by atoms with van der Waals surface area (Å²) >= 11 is 1.64. The molecule has 0 spiro atoms. The van der Waals surface area contributed by atoms with Crippen LogP contribution < -0.4 is 10.1 Å². The smallest absolute Gasteiger partial charge is 0.225 e. The molecule has 0 atom stereocenters. The van der Waals surface area contributed by atoms with Gasteiger partial charge in [0.2, 0.25) is 5.91 Å². The third kappa shape index (κ3) is 5.30. The van der Waals surface area contributed by atoms with Crippen molar-refractivity contribution in [2.75, 3.05) is 13.7 Å². The fourth-order valence-electron chi connectivity index (χ4n) is 3.68. The summed E-state index contributed by atoms with van der Waals surface area (Å²) in [6, 6.07) is 22.7. The second-order valence-electron chi connectivity index (χ2n) is 7.56. The Balaban J connectivity index is 1.34. The predicted octanol–water partition coefficient (Wildman–Crippen LogP) is 5.11. The normalized spacial score (nSPS) is 10.9. The van der Waals surface area contributed by atoms with E-state index in [1.807, 2.05) is 31.2 Å². The molecule has 1 N–H and O–H groups in total. The lowest BCUT2D eigenvalue weighted by molar-refractivity contribution is -0.120. The highest BCUT2D eigenvalue weighted by Gasteiger charge is 2.13. The highest BCUT2D eigenvalue weighted by molar-refractivity contribution is 7.11. The number of fused-ring (bicyclic) bond motifs is 1. The van der Waals surface area contributed by atoms with Crippen LogP contribution in [-0.4, -0.2) is 24.5 Å². The van der Waals surface area contributed by atoms with Crippen LogP contribution in [0, 0.1) is 6.92 Å². The first kappa shape index (κ1) is 21.1. The Labute approximate surface area is 186 Å². The van der Waals surface area contributed by atoms with E-state index in [-0.39, 0.29) is 5.91 Å². The zero-order chi connectivity index (χ0) is 21.6. The Hall–Kier alpha value is -3.18. The monoisotopic (exact) mass is 430 g/mol. The summed E-state index contributed by atoms with van der Waals surface area (Å²) in [6.45, 7) is 2.61. The maximum atomic E-state index is 12.4. The molecule has 5 heteroatoms. The van der Waals surface area contributed by atoms with Gasteiger partial charge in [0, 0.05) is 17.8 Å². The molecule has 1 heterocycles. The van der Waals surface area contributed by atoms with Gasteiger partial charge in [0.15, 0.2) is 0 Å². The zero-order valence-electron chi connectivity index (χ0n) is 17.9. The summed E-state index contributed by atoms with van der Waals surface area (Å²) in [6.07, 6.45) is 1.96. The fourth-order valence-corrected chi connectivity index (χ4v) is 4.78. The van der Waals surface area contributed by atoms with Crippen LogP contribution in [0.3, 0.4) is 0 Å². The number of amides is 1. The molecule has 4 aromatic rings. The third-order valence-corrected chi connectivity index (χ3v) is 6.53. The van der Waals surface area contributed by atoms with Crippen LogP contribution in [0.2, 0.25) is 0 Å². The number of carbonyl (C=O) groups excluding carboxylic acids is 1. The zero-order valence-corrected chi connectivity index (χ0v) is 18.7. The van der Waals surface area contributed by atoms with E-state index in [1.54, 1.807) is 18.4 Å². The number of hydrogen-bond donors (Lipinski definition) is 1. The molecule has 4 nitrogen and oxygen atoms in total. The van der Waals surface area contributed by atoms with Gasteiger partial charge in [-0.25, -0.2) is 4.98 Å². The first-order valence-corrected chi connectivity index (χ1v) is 11.3. The summed E-state index contributed by atoms with van der Waals surface area (Å²) in [5.74, 6) is 0.879. The van der Waals surface area contributed by atoms with E-state index in [4.69, 9.17) is 9.72 Å². The van der Waals surface area contributed by atoms with Crippen LogP contribution in [0.1, 0.15) is 26.7 Å². The molecule has 31 heavy (non-hydrogen) atoms. The van der Waals surface area contributed by atoms with Crippen molar-refractivity contribution in [1.82, 2.24) is 10.3 Å². The van der Waals surface area contributed by atoms with E-state index in [9.17, 15) is 4.79 Å². The lowest BCUT2D eigenvalue weighted by Crippen LogP contribution is -2.27. The molecule has 0 aliphatic carbocycles. The van der Waals surface area contributed by atoms with E-state index in [0.29, 0.717) is 13.0 Å². The number of carbonyl (C=O) groups is 1. The number of rotatable bonds is 8. The highest BCUT2D eigenvalue weighted by atomic mass is 32.1. The Morgan fingerprint density at radius 2 is 1.81 bits per heavy atom. The van der Waals surface area contributed by atoms with Crippen molar-refractivity contribution in [2.24, 2.45) is 0 Å². The molecule has 158 valence electrons. The largest absolute Gasteiger partial charge is 0.497 e. The molecule has 0 saturated heterocycles. The SMILES string of the molecule is COc1ccc(CCNC(=O)Cc2sc(Cc3cccc4ccccc34)nc2C)cc1. The molecule has 0 radical (unpaired) electrons. The molecule has 0 saturated carbocycles.